The molecule has 0 aliphatic carbocycles. The van der Waals surface area contributed by atoms with Crippen LogP contribution in [0.3, 0.4) is 0 Å². The molecule has 1 aliphatic heterocycles. The van der Waals surface area contributed by atoms with Gasteiger partial charge in [0.05, 0.1) is 12.7 Å². The van der Waals surface area contributed by atoms with Crippen molar-refractivity contribution in [2.45, 2.75) is 18.9 Å². The van der Waals surface area contributed by atoms with Crippen molar-refractivity contribution in [1.29, 1.82) is 0 Å². The van der Waals surface area contributed by atoms with Gasteiger partial charge < -0.3 is 9.47 Å². The maximum absolute atomic E-state index is 12.5. The fraction of sp³-hybridized carbons (Fsp3) is 0.312. The SMILES string of the molecule is COC(=O)c1cn(NC(=O)[C@H]2CCCO2)c(=O)c2ccccc12. The quantitative estimate of drug-likeness (QED) is 0.855. The summed E-state index contributed by atoms with van der Waals surface area (Å²) in [6, 6.07) is 6.68. The van der Waals surface area contributed by atoms with E-state index >= 15 is 0 Å². The number of benzene rings is 1. The van der Waals surface area contributed by atoms with Crippen molar-refractivity contribution in [2.24, 2.45) is 0 Å². The standard InChI is InChI=1S/C16H16N2O5/c1-22-16(21)12-9-18(17-14(19)13-7-4-8-23-13)15(20)11-6-3-2-5-10(11)12/h2-3,5-6,9,13H,4,7-8H2,1H3,(H,17,19)/t13-/m1/s1. The van der Waals surface area contributed by atoms with Crippen LogP contribution in [-0.2, 0) is 14.3 Å². The molecule has 1 saturated heterocycles. The highest BCUT2D eigenvalue weighted by Gasteiger charge is 2.24. The monoisotopic (exact) mass is 316 g/mol. The first kappa shape index (κ1) is 15.2. The number of nitrogens with zero attached hydrogens (tertiary/aromatic N) is 1. The molecule has 2 heterocycles. The van der Waals surface area contributed by atoms with Crippen LogP contribution >= 0.6 is 0 Å². The van der Waals surface area contributed by atoms with Crippen LogP contribution in [0.5, 0.6) is 0 Å². The van der Waals surface area contributed by atoms with Crippen molar-refractivity contribution in [2.75, 3.05) is 19.1 Å². The molecule has 1 aliphatic rings. The number of carbonyl (C=O) groups excluding carboxylic acids is 2. The zero-order valence-electron chi connectivity index (χ0n) is 12.6. The number of hydrogen-bond acceptors (Lipinski definition) is 5. The average molecular weight is 316 g/mol. The molecule has 3 rings (SSSR count). The van der Waals surface area contributed by atoms with E-state index in [-0.39, 0.29) is 5.56 Å². The Kier molecular flexibility index (Phi) is 4.12. The minimum absolute atomic E-state index is 0.204. The molecular formula is C16H16N2O5. The lowest BCUT2D eigenvalue weighted by Crippen LogP contribution is -2.39. The third-order valence-corrected chi connectivity index (χ3v) is 3.78. The van der Waals surface area contributed by atoms with Crippen LogP contribution in [0.4, 0.5) is 0 Å². The minimum atomic E-state index is -0.582. The topological polar surface area (TPSA) is 86.6 Å². The number of pyridine rings is 1. The van der Waals surface area contributed by atoms with Gasteiger partial charge in [0, 0.05) is 23.6 Å². The van der Waals surface area contributed by atoms with Crippen LogP contribution in [0.2, 0.25) is 0 Å². The van der Waals surface area contributed by atoms with Crippen LogP contribution in [0.15, 0.2) is 35.3 Å². The highest BCUT2D eigenvalue weighted by Crippen LogP contribution is 2.16. The van der Waals surface area contributed by atoms with Gasteiger partial charge in [0.2, 0.25) is 0 Å². The zero-order valence-corrected chi connectivity index (χ0v) is 12.6. The van der Waals surface area contributed by atoms with Gasteiger partial charge in [-0.2, -0.15) is 0 Å². The Labute approximate surface area is 131 Å². The van der Waals surface area contributed by atoms with Gasteiger partial charge in [-0.15, -0.1) is 0 Å². The van der Waals surface area contributed by atoms with Gasteiger partial charge in [0.15, 0.2) is 0 Å². The number of aromatic nitrogens is 1. The van der Waals surface area contributed by atoms with Crippen LogP contribution in [0.25, 0.3) is 10.8 Å². The van der Waals surface area contributed by atoms with Gasteiger partial charge in [-0.05, 0) is 18.9 Å². The number of nitrogens with one attached hydrogen (secondary N) is 1. The Bertz CT molecular complexity index is 821. The van der Waals surface area contributed by atoms with E-state index in [9.17, 15) is 14.4 Å². The van der Waals surface area contributed by atoms with Crippen LogP contribution in [0.1, 0.15) is 23.2 Å². The van der Waals surface area contributed by atoms with E-state index in [1.165, 1.54) is 13.3 Å². The maximum Gasteiger partial charge on any atom is 0.340 e. The van der Waals surface area contributed by atoms with Gasteiger partial charge in [-0.3, -0.25) is 15.0 Å². The smallest absolute Gasteiger partial charge is 0.340 e. The lowest BCUT2D eigenvalue weighted by molar-refractivity contribution is -0.125. The van der Waals surface area contributed by atoms with Gasteiger partial charge in [0.25, 0.3) is 11.5 Å². The highest BCUT2D eigenvalue weighted by molar-refractivity contribution is 6.04. The third kappa shape index (κ3) is 2.83. The normalized spacial score (nSPS) is 17.2. The third-order valence-electron chi connectivity index (χ3n) is 3.78. The number of carbonyl (C=O) groups is 2. The second-order valence-corrected chi connectivity index (χ2v) is 5.23. The first-order valence-electron chi connectivity index (χ1n) is 7.27. The molecule has 120 valence electrons. The molecule has 0 spiro atoms. The Morgan fingerprint density at radius 3 is 2.70 bits per heavy atom. The van der Waals surface area contributed by atoms with Gasteiger partial charge in [-0.25, -0.2) is 9.47 Å². The molecule has 1 aromatic carbocycles. The number of amides is 1. The van der Waals surface area contributed by atoms with E-state index in [4.69, 9.17) is 9.47 Å². The average Bonchev–Trinajstić information content (AvgIpc) is 3.11. The minimum Gasteiger partial charge on any atom is -0.465 e. The Hall–Kier alpha value is -2.67. The number of rotatable bonds is 3. The van der Waals surface area contributed by atoms with Crippen molar-refractivity contribution >= 4 is 22.6 Å². The largest absolute Gasteiger partial charge is 0.465 e. The summed E-state index contributed by atoms with van der Waals surface area (Å²) in [5.74, 6) is -0.989. The number of ether oxygens (including phenoxy) is 2. The van der Waals surface area contributed by atoms with Crippen molar-refractivity contribution < 1.29 is 19.1 Å². The molecule has 7 nitrogen and oxygen atoms in total. The molecule has 23 heavy (non-hydrogen) atoms. The molecule has 7 heteroatoms. The van der Waals surface area contributed by atoms with E-state index in [2.05, 4.69) is 5.43 Å². The molecule has 1 aromatic heterocycles. The highest BCUT2D eigenvalue weighted by atomic mass is 16.5. The van der Waals surface area contributed by atoms with E-state index in [1.54, 1.807) is 24.3 Å². The summed E-state index contributed by atoms with van der Waals surface area (Å²) in [4.78, 5) is 36.6. The van der Waals surface area contributed by atoms with E-state index in [0.717, 1.165) is 11.1 Å². The zero-order chi connectivity index (χ0) is 16.4. The fourth-order valence-corrected chi connectivity index (χ4v) is 2.62. The molecule has 0 unspecified atom stereocenters. The molecule has 0 bridgehead atoms. The van der Waals surface area contributed by atoms with Crippen molar-refractivity contribution in [3.05, 3.63) is 46.4 Å². The van der Waals surface area contributed by atoms with Crippen LogP contribution < -0.4 is 11.0 Å². The molecule has 1 fully saturated rings. The lowest BCUT2D eigenvalue weighted by atomic mass is 10.1. The summed E-state index contributed by atoms with van der Waals surface area (Å²) >= 11 is 0. The van der Waals surface area contributed by atoms with E-state index < -0.39 is 23.5 Å². The van der Waals surface area contributed by atoms with Crippen LogP contribution in [-0.4, -0.2) is 36.4 Å². The summed E-state index contributed by atoms with van der Waals surface area (Å²) in [6.45, 7) is 0.526. The molecule has 0 radical (unpaired) electrons. The molecule has 1 N–H and O–H groups in total. The lowest BCUT2D eigenvalue weighted by Gasteiger charge is -2.14. The Balaban J connectivity index is 2.06. The number of hydrogen-bond donors (Lipinski definition) is 1. The summed E-state index contributed by atoms with van der Waals surface area (Å²) in [5.41, 5.74) is 2.28. The Morgan fingerprint density at radius 2 is 2.04 bits per heavy atom. The van der Waals surface area contributed by atoms with Gasteiger partial charge >= 0.3 is 5.97 Å². The predicted octanol–water partition coefficient (Wildman–Crippen LogP) is 1.04. The summed E-state index contributed by atoms with van der Waals surface area (Å²) in [7, 11) is 1.26. The second-order valence-electron chi connectivity index (χ2n) is 5.23. The fourth-order valence-electron chi connectivity index (χ4n) is 2.62. The Morgan fingerprint density at radius 1 is 1.30 bits per heavy atom. The summed E-state index contributed by atoms with van der Waals surface area (Å²) < 4.78 is 11.1. The molecule has 0 saturated carbocycles. The first-order chi connectivity index (χ1) is 11.1. The van der Waals surface area contributed by atoms with Crippen molar-refractivity contribution in [1.82, 2.24) is 4.68 Å². The predicted molar refractivity (Wildman–Crippen MR) is 82.9 cm³/mol. The number of methoxy groups -OCH3 is 1. The van der Waals surface area contributed by atoms with Crippen LogP contribution in [0, 0.1) is 0 Å². The number of fused-ring (bicyclic) bond motifs is 1. The molecule has 1 amide bonds. The maximum atomic E-state index is 12.5. The summed E-state index contributed by atoms with van der Waals surface area (Å²) in [6.07, 6.45) is 2.12. The molecule has 1 atom stereocenters. The van der Waals surface area contributed by atoms with E-state index in [1.807, 2.05) is 0 Å². The van der Waals surface area contributed by atoms with E-state index in [0.29, 0.717) is 23.8 Å². The molecular weight excluding hydrogens is 300 g/mol. The summed E-state index contributed by atoms with van der Waals surface area (Å²) in [5, 5.41) is 0.801. The second kappa shape index (κ2) is 6.21. The molecule has 2 aromatic rings. The number of esters is 1. The van der Waals surface area contributed by atoms with Gasteiger partial charge in [-0.1, -0.05) is 18.2 Å². The van der Waals surface area contributed by atoms with Gasteiger partial charge in [0.1, 0.15) is 6.10 Å². The van der Waals surface area contributed by atoms with Crippen molar-refractivity contribution in [3.8, 4) is 0 Å². The van der Waals surface area contributed by atoms with Crippen molar-refractivity contribution in [3.63, 3.8) is 0 Å². The first-order valence-corrected chi connectivity index (χ1v) is 7.27.